The minimum atomic E-state index is -0.229. The third-order valence-corrected chi connectivity index (χ3v) is 8.39. The van der Waals surface area contributed by atoms with Crippen molar-refractivity contribution >= 4 is 39.8 Å². The first-order chi connectivity index (χ1) is 21.7. The summed E-state index contributed by atoms with van der Waals surface area (Å²) in [6, 6.07) is 13.7. The molecule has 0 radical (unpaired) electrons. The Morgan fingerprint density at radius 2 is 1.84 bits per heavy atom. The molecule has 0 saturated carbocycles. The fraction of sp³-hybridized carbons (Fsp3) is 0.273. The van der Waals surface area contributed by atoms with Gasteiger partial charge in [0, 0.05) is 60.5 Å². The normalized spacial score (nSPS) is 14.5. The zero-order valence-corrected chi connectivity index (χ0v) is 26.2. The molecular weight excluding hydrogens is 592 g/mol. The Labute approximate surface area is 265 Å². The Morgan fingerprint density at radius 3 is 2.62 bits per heavy atom. The van der Waals surface area contributed by atoms with Crippen molar-refractivity contribution < 1.29 is 9.53 Å². The molecule has 5 aromatic rings. The molecule has 0 unspecified atom stereocenters. The molecule has 2 aromatic carbocycles. The molecule has 11 nitrogen and oxygen atoms in total. The van der Waals surface area contributed by atoms with E-state index in [0.717, 1.165) is 39.9 Å². The molecule has 45 heavy (non-hydrogen) atoms. The van der Waals surface area contributed by atoms with Crippen molar-refractivity contribution in [2.24, 2.45) is 7.05 Å². The van der Waals surface area contributed by atoms with Crippen LogP contribution in [0, 0.1) is 13.8 Å². The van der Waals surface area contributed by atoms with Gasteiger partial charge in [0.15, 0.2) is 0 Å². The number of benzene rings is 2. The Balaban J connectivity index is 1.29. The van der Waals surface area contributed by atoms with Crippen LogP contribution in [0.1, 0.15) is 29.8 Å². The van der Waals surface area contributed by atoms with Gasteiger partial charge in [-0.1, -0.05) is 41.9 Å². The maximum Gasteiger partial charge on any atom is 0.278 e. The van der Waals surface area contributed by atoms with Gasteiger partial charge in [-0.15, -0.1) is 0 Å². The van der Waals surface area contributed by atoms with Gasteiger partial charge in [-0.3, -0.25) is 14.6 Å². The number of fused-ring (bicyclic) bond motifs is 1. The fourth-order valence-electron chi connectivity index (χ4n) is 5.61. The highest BCUT2D eigenvalue weighted by Crippen LogP contribution is 2.39. The van der Waals surface area contributed by atoms with Crippen molar-refractivity contribution in [3.63, 3.8) is 0 Å². The van der Waals surface area contributed by atoms with E-state index in [2.05, 4.69) is 31.0 Å². The lowest BCUT2D eigenvalue weighted by Crippen LogP contribution is -2.35. The van der Waals surface area contributed by atoms with Crippen molar-refractivity contribution in [3.8, 4) is 28.3 Å². The summed E-state index contributed by atoms with van der Waals surface area (Å²) in [6.45, 7) is 4.97. The van der Waals surface area contributed by atoms with Gasteiger partial charge in [0.05, 0.1) is 35.6 Å². The molecule has 1 aliphatic heterocycles. The van der Waals surface area contributed by atoms with Gasteiger partial charge >= 0.3 is 0 Å². The van der Waals surface area contributed by atoms with Crippen LogP contribution in [0.5, 0.6) is 5.88 Å². The second-order valence-corrected chi connectivity index (χ2v) is 11.4. The summed E-state index contributed by atoms with van der Waals surface area (Å²) in [7, 11) is 3.18. The van der Waals surface area contributed by atoms with Gasteiger partial charge in [0.2, 0.25) is 11.8 Å². The van der Waals surface area contributed by atoms with Crippen molar-refractivity contribution in [1.29, 1.82) is 0 Å². The van der Waals surface area contributed by atoms with Crippen LogP contribution in [0.4, 0.5) is 11.5 Å². The highest BCUT2D eigenvalue weighted by atomic mass is 35.5. The highest BCUT2D eigenvalue weighted by molar-refractivity contribution is 6.36. The van der Waals surface area contributed by atoms with Crippen molar-refractivity contribution in [2.75, 3.05) is 19.0 Å². The third kappa shape index (κ3) is 6.09. The Bertz CT molecular complexity index is 1990. The number of rotatable bonds is 9. The smallest absolute Gasteiger partial charge is 0.278 e. The van der Waals surface area contributed by atoms with Gasteiger partial charge < -0.3 is 20.7 Å². The molecule has 0 spiro atoms. The number of carbonyl (C=O) groups excluding carboxylic acids is 1. The van der Waals surface area contributed by atoms with Gasteiger partial charge in [0.1, 0.15) is 11.5 Å². The molecule has 1 atom stereocenters. The average Bonchev–Trinajstić information content (AvgIpc) is 3.45. The average molecular weight is 625 g/mol. The standard InChI is InChI=1S/C33H33ClN8O3/c1-18-13-20-14-37-42(3)33(44)29(20)31(38-18)40-25-10-6-7-22(19(25)2)23-8-5-9-24(30(23)34)26-17-36-27(32(41-26)45-4)16-35-15-21-11-12-28(43)39-21/h5-10,13-14,17,21,35H,11-12,15-16H2,1-4H3,(H,38,40)(H,39,43)/t21-/m1/s1. The minimum absolute atomic E-state index is 0.0857. The summed E-state index contributed by atoms with van der Waals surface area (Å²) < 4.78 is 6.88. The van der Waals surface area contributed by atoms with E-state index in [1.807, 2.05) is 56.3 Å². The summed E-state index contributed by atoms with van der Waals surface area (Å²) in [5, 5.41) is 15.6. The predicted octanol–water partition coefficient (Wildman–Crippen LogP) is 4.84. The van der Waals surface area contributed by atoms with Gasteiger partial charge in [0.25, 0.3) is 5.56 Å². The molecule has 3 aromatic heterocycles. The molecule has 6 rings (SSSR count). The molecule has 3 N–H and O–H groups in total. The third-order valence-electron chi connectivity index (χ3n) is 7.98. The van der Waals surface area contributed by atoms with Crippen molar-refractivity contribution in [1.82, 2.24) is 35.4 Å². The minimum Gasteiger partial charge on any atom is -0.480 e. The number of methoxy groups -OCH3 is 1. The number of ether oxygens (including phenoxy) is 1. The summed E-state index contributed by atoms with van der Waals surface area (Å²) in [5.74, 6) is 0.958. The number of nitrogens with zero attached hydrogens (tertiary/aromatic N) is 5. The van der Waals surface area contributed by atoms with Crippen molar-refractivity contribution in [3.05, 3.63) is 87.2 Å². The first-order valence-corrected chi connectivity index (χ1v) is 15.0. The number of carbonyl (C=O) groups is 1. The molecule has 1 aliphatic rings. The fourth-order valence-corrected chi connectivity index (χ4v) is 5.94. The molecule has 0 aliphatic carbocycles. The van der Waals surface area contributed by atoms with E-state index in [1.165, 1.54) is 4.68 Å². The Kier molecular flexibility index (Phi) is 8.46. The second kappa shape index (κ2) is 12.6. The molecule has 12 heteroatoms. The SMILES string of the molecule is COc1nc(-c2cccc(-c3cccc(Nc4nc(C)cc5cnn(C)c(=O)c45)c3C)c2Cl)cnc1CNC[C@H]1CCC(=O)N1. The number of nitrogens with one attached hydrogen (secondary N) is 3. The van der Waals surface area contributed by atoms with E-state index < -0.39 is 0 Å². The molecule has 1 saturated heterocycles. The van der Waals surface area contributed by atoms with Crippen LogP contribution in [0.25, 0.3) is 33.2 Å². The molecule has 1 fully saturated rings. The second-order valence-electron chi connectivity index (χ2n) is 11.1. The summed E-state index contributed by atoms with van der Waals surface area (Å²) >= 11 is 7.06. The lowest BCUT2D eigenvalue weighted by atomic mass is 9.96. The summed E-state index contributed by atoms with van der Waals surface area (Å²) in [5.41, 5.74) is 5.96. The highest BCUT2D eigenvalue weighted by Gasteiger charge is 2.21. The summed E-state index contributed by atoms with van der Waals surface area (Å²) in [6.07, 6.45) is 4.74. The predicted molar refractivity (Wildman–Crippen MR) is 175 cm³/mol. The first kappa shape index (κ1) is 30.2. The van der Waals surface area contributed by atoms with E-state index in [-0.39, 0.29) is 17.5 Å². The lowest BCUT2D eigenvalue weighted by Gasteiger charge is -2.17. The Hall–Kier alpha value is -4.87. The van der Waals surface area contributed by atoms with Crippen LogP contribution in [-0.4, -0.2) is 50.3 Å². The van der Waals surface area contributed by atoms with Crippen LogP contribution < -0.4 is 26.2 Å². The lowest BCUT2D eigenvalue weighted by molar-refractivity contribution is -0.119. The zero-order chi connectivity index (χ0) is 31.7. The van der Waals surface area contributed by atoms with Gasteiger partial charge in [-0.25, -0.2) is 14.6 Å². The Morgan fingerprint density at radius 1 is 1.07 bits per heavy atom. The number of aryl methyl sites for hydroxylation is 2. The number of amides is 1. The molecule has 230 valence electrons. The topological polar surface area (TPSA) is 136 Å². The molecule has 4 heterocycles. The quantitative estimate of drug-likeness (QED) is 0.210. The van der Waals surface area contributed by atoms with Gasteiger partial charge in [-0.05, 0) is 43.5 Å². The number of halogens is 1. The van der Waals surface area contributed by atoms with E-state index in [1.54, 1.807) is 26.6 Å². The molecular formula is C33H33ClN8O3. The summed E-state index contributed by atoms with van der Waals surface area (Å²) in [4.78, 5) is 38.5. The number of aromatic nitrogens is 5. The van der Waals surface area contributed by atoms with E-state index in [9.17, 15) is 9.59 Å². The van der Waals surface area contributed by atoms with Crippen LogP contribution in [0.15, 0.2) is 59.7 Å². The maximum absolute atomic E-state index is 13.0. The van der Waals surface area contributed by atoms with Gasteiger partial charge in [-0.2, -0.15) is 5.10 Å². The van der Waals surface area contributed by atoms with Crippen LogP contribution in [0.3, 0.4) is 0 Å². The van der Waals surface area contributed by atoms with E-state index in [0.29, 0.717) is 58.6 Å². The monoisotopic (exact) mass is 624 g/mol. The zero-order valence-electron chi connectivity index (χ0n) is 25.4. The van der Waals surface area contributed by atoms with Crippen LogP contribution in [-0.2, 0) is 18.4 Å². The van der Waals surface area contributed by atoms with E-state index in [4.69, 9.17) is 21.3 Å². The number of hydrogen-bond donors (Lipinski definition) is 3. The van der Waals surface area contributed by atoms with Crippen LogP contribution in [0.2, 0.25) is 5.02 Å². The van der Waals surface area contributed by atoms with Crippen molar-refractivity contribution in [2.45, 2.75) is 39.3 Å². The first-order valence-electron chi connectivity index (χ1n) is 14.6. The molecule has 0 bridgehead atoms. The number of anilines is 2. The van der Waals surface area contributed by atoms with E-state index >= 15 is 0 Å². The maximum atomic E-state index is 13.0. The number of pyridine rings is 1. The molecule has 1 amide bonds. The number of hydrogen-bond acceptors (Lipinski definition) is 9. The van der Waals surface area contributed by atoms with Crippen LogP contribution >= 0.6 is 11.6 Å². The largest absolute Gasteiger partial charge is 0.480 e.